The number of aromatic hydroxyl groups is 1. The van der Waals surface area contributed by atoms with Crippen molar-refractivity contribution in [2.45, 2.75) is 19.1 Å². The van der Waals surface area contributed by atoms with E-state index in [1.165, 1.54) is 7.11 Å². The molecule has 5 heteroatoms. The number of nitrogens with one attached hydrogen (secondary N) is 1. The first-order chi connectivity index (χ1) is 8.17. The molecule has 1 amide bonds. The highest BCUT2D eigenvalue weighted by molar-refractivity contribution is 5.76. The lowest BCUT2D eigenvalue weighted by Gasteiger charge is -2.12. The van der Waals surface area contributed by atoms with E-state index < -0.39 is 0 Å². The summed E-state index contributed by atoms with van der Waals surface area (Å²) in [7, 11) is 1.52. The number of carbonyl (C=O) groups is 1. The topological polar surface area (TPSA) is 84.6 Å². The highest BCUT2D eigenvalue weighted by atomic mass is 16.5. The van der Waals surface area contributed by atoms with E-state index in [4.69, 9.17) is 10.5 Å². The number of amides is 1. The lowest BCUT2D eigenvalue weighted by Crippen LogP contribution is -2.31. The van der Waals surface area contributed by atoms with Crippen LogP contribution in [0, 0.1) is 0 Å². The minimum absolute atomic E-state index is 0.148. The lowest BCUT2D eigenvalue weighted by molar-refractivity contribution is -0.123. The van der Waals surface area contributed by atoms with Crippen molar-refractivity contribution in [3.8, 4) is 5.75 Å². The molecular weight excluding hydrogens is 220 g/mol. The van der Waals surface area contributed by atoms with E-state index >= 15 is 0 Å². The van der Waals surface area contributed by atoms with Crippen molar-refractivity contribution >= 4 is 5.91 Å². The van der Waals surface area contributed by atoms with Crippen LogP contribution in [-0.2, 0) is 16.1 Å². The van der Waals surface area contributed by atoms with Gasteiger partial charge >= 0.3 is 0 Å². The molecule has 5 nitrogen and oxygen atoms in total. The summed E-state index contributed by atoms with van der Waals surface area (Å²) in [5.41, 5.74) is 6.10. The van der Waals surface area contributed by atoms with Gasteiger partial charge in [-0.15, -0.1) is 0 Å². The summed E-state index contributed by atoms with van der Waals surface area (Å²) in [6.07, 6.45) is -0.0417. The first-order valence-electron chi connectivity index (χ1n) is 5.43. The number of phenolic OH excluding ortho intramolecular Hbond substituents is 1. The summed E-state index contributed by atoms with van der Waals surface area (Å²) in [4.78, 5) is 11.5. The van der Waals surface area contributed by atoms with E-state index in [-0.39, 0.29) is 24.2 Å². The second-order valence-corrected chi connectivity index (χ2v) is 3.70. The van der Waals surface area contributed by atoms with Gasteiger partial charge in [0, 0.05) is 25.8 Å². The minimum Gasteiger partial charge on any atom is -0.508 e. The third-order valence-electron chi connectivity index (χ3n) is 2.48. The number of ether oxygens (including phenoxy) is 1. The van der Waals surface area contributed by atoms with Crippen LogP contribution in [0.3, 0.4) is 0 Å². The Morgan fingerprint density at radius 3 is 2.82 bits per heavy atom. The van der Waals surface area contributed by atoms with Gasteiger partial charge in [-0.2, -0.15) is 0 Å². The molecule has 0 saturated carbocycles. The van der Waals surface area contributed by atoms with E-state index in [1.807, 2.05) is 0 Å². The Morgan fingerprint density at radius 2 is 2.24 bits per heavy atom. The standard InChI is InChI=1S/C12H18N2O3/c1-17-10(7-13)6-12(16)14-8-9-4-2-3-5-11(9)15/h2-5,10,15H,6-8,13H2,1H3,(H,14,16). The molecule has 0 aromatic heterocycles. The van der Waals surface area contributed by atoms with Gasteiger partial charge in [-0.25, -0.2) is 0 Å². The van der Waals surface area contributed by atoms with Crippen molar-refractivity contribution in [3.05, 3.63) is 29.8 Å². The Labute approximate surface area is 101 Å². The molecule has 0 heterocycles. The molecule has 0 saturated heterocycles. The number of nitrogens with two attached hydrogens (primary N) is 1. The zero-order valence-corrected chi connectivity index (χ0v) is 9.85. The fourth-order valence-electron chi connectivity index (χ4n) is 1.40. The summed E-state index contributed by atoms with van der Waals surface area (Å²) in [5, 5.41) is 12.2. The van der Waals surface area contributed by atoms with Gasteiger partial charge in [0.2, 0.25) is 5.91 Å². The minimum atomic E-state index is -0.264. The van der Waals surface area contributed by atoms with Crippen molar-refractivity contribution in [2.24, 2.45) is 5.73 Å². The molecule has 17 heavy (non-hydrogen) atoms. The number of rotatable bonds is 6. The number of hydrogen-bond donors (Lipinski definition) is 3. The molecule has 1 rings (SSSR count). The van der Waals surface area contributed by atoms with Crippen LogP contribution in [0.1, 0.15) is 12.0 Å². The summed E-state index contributed by atoms with van der Waals surface area (Å²) in [6, 6.07) is 6.88. The van der Waals surface area contributed by atoms with Crippen molar-refractivity contribution < 1.29 is 14.6 Å². The number of carbonyl (C=O) groups excluding carboxylic acids is 1. The monoisotopic (exact) mass is 238 g/mol. The van der Waals surface area contributed by atoms with E-state index in [2.05, 4.69) is 5.32 Å². The second kappa shape index (κ2) is 6.88. The molecule has 1 unspecified atom stereocenters. The Kier molecular flexibility index (Phi) is 5.45. The molecule has 1 aromatic rings. The van der Waals surface area contributed by atoms with Gasteiger partial charge in [-0.05, 0) is 6.07 Å². The van der Waals surface area contributed by atoms with E-state index in [0.717, 1.165) is 0 Å². The molecule has 1 atom stereocenters. The molecule has 4 N–H and O–H groups in total. The van der Waals surface area contributed by atoms with Crippen LogP contribution >= 0.6 is 0 Å². The highest BCUT2D eigenvalue weighted by Gasteiger charge is 2.11. The van der Waals surface area contributed by atoms with Gasteiger partial charge < -0.3 is 20.9 Å². The molecule has 0 aliphatic heterocycles. The maximum absolute atomic E-state index is 11.5. The quantitative estimate of drug-likeness (QED) is 0.668. The molecular formula is C12H18N2O3. The van der Waals surface area contributed by atoms with E-state index in [9.17, 15) is 9.90 Å². The lowest BCUT2D eigenvalue weighted by atomic mass is 10.2. The largest absolute Gasteiger partial charge is 0.508 e. The van der Waals surface area contributed by atoms with Crippen LogP contribution < -0.4 is 11.1 Å². The van der Waals surface area contributed by atoms with Gasteiger partial charge in [0.1, 0.15) is 5.75 Å². The fraction of sp³-hybridized carbons (Fsp3) is 0.417. The smallest absolute Gasteiger partial charge is 0.222 e. The fourth-order valence-corrected chi connectivity index (χ4v) is 1.40. The molecule has 0 aliphatic carbocycles. The van der Waals surface area contributed by atoms with Crippen LogP contribution in [-0.4, -0.2) is 30.8 Å². The molecule has 0 fully saturated rings. The molecule has 0 aliphatic rings. The van der Waals surface area contributed by atoms with Crippen LogP contribution in [0.2, 0.25) is 0 Å². The highest BCUT2D eigenvalue weighted by Crippen LogP contribution is 2.14. The third-order valence-corrected chi connectivity index (χ3v) is 2.48. The van der Waals surface area contributed by atoms with Crippen LogP contribution in [0.15, 0.2) is 24.3 Å². The maximum Gasteiger partial charge on any atom is 0.222 e. The van der Waals surface area contributed by atoms with Gasteiger partial charge in [0.05, 0.1) is 12.5 Å². The molecule has 94 valence electrons. The Balaban J connectivity index is 2.41. The van der Waals surface area contributed by atoms with Crippen molar-refractivity contribution in [3.63, 3.8) is 0 Å². The van der Waals surface area contributed by atoms with Crippen molar-refractivity contribution in [2.75, 3.05) is 13.7 Å². The number of benzene rings is 1. The zero-order valence-electron chi connectivity index (χ0n) is 9.85. The average Bonchev–Trinajstić information content (AvgIpc) is 2.35. The molecule has 0 spiro atoms. The second-order valence-electron chi connectivity index (χ2n) is 3.70. The predicted molar refractivity (Wildman–Crippen MR) is 64.4 cm³/mol. The van der Waals surface area contributed by atoms with Crippen LogP contribution in [0.4, 0.5) is 0 Å². The van der Waals surface area contributed by atoms with Crippen LogP contribution in [0.5, 0.6) is 5.75 Å². The van der Waals surface area contributed by atoms with Gasteiger partial charge in [-0.3, -0.25) is 4.79 Å². The Morgan fingerprint density at radius 1 is 1.53 bits per heavy atom. The van der Waals surface area contributed by atoms with E-state index in [0.29, 0.717) is 18.7 Å². The summed E-state index contributed by atoms with van der Waals surface area (Å²) in [5.74, 6) is 0.0282. The van der Waals surface area contributed by atoms with Gasteiger partial charge in [0.15, 0.2) is 0 Å². The van der Waals surface area contributed by atoms with E-state index in [1.54, 1.807) is 24.3 Å². The number of phenols is 1. The number of hydrogen-bond acceptors (Lipinski definition) is 4. The first-order valence-corrected chi connectivity index (χ1v) is 5.43. The first kappa shape index (κ1) is 13.5. The number of para-hydroxylation sites is 1. The Hall–Kier alpha value is -1.59. The number of methoxy groups -OCH3 is 1. The normalized spacial score (nSPS) is 12.1. The summed E-state index contributed by atoms with van der Waals surface area (Å²) >= 11 is 0. The maximum atomic E-state index is 11.5. The summed E-state index contributed by atoms with van der Waals surface area (Å²) < 4.78 is 5.01. The predicted octanol–water partition coefficient (Wildman–Crippen LogP) is 0.372. The third kappa shape index (κ3) is 4.42. The van der Waals surface area contributed by atoms with Gasteiger partial charge in [0.25, 0.3) is 0 Å². The summed E-state index contributed by atoms with van der Waals surface area (Å²) in [6.45, 7) is 0.604. The van der Waals surface area contributed by atoms with Crippen molar-refractivity contribution in [1.82, 2.24) is 5.32 Å². The SMILES string of the molecule is COC(CN)CC(=O)NCc1ccccc1O. The molecule has 0 radical (unpaired) electrons. The van der Waals surface area contributed by atoms with Crippen molar-refractivity contribution in [1.29, 1.82) is 0 Å². The molecule has 1 aromatic carbocycles. The van der Waals surface area contributed by atoms with Crippen LogP contribution in [0.25, 0.3) is 0 Å². The Bertz CT molecular complexity index is 365. The average molecular weight is 238 g/mol. The van der Waals surface area contributed by atoms with Gasteiger partial charge in [-0.1, -0.05) is 18.2 Å². The zero-order chi connectivity index (χ0) is 12.7. The molecule has 0 bridgehead atoms.